The Kier molecular flexibility index (Phi) is 11.2. The summed E-state index contributed by atoms with van der Waals surface area (Å²) in [5, 5.41) is 3.04. The van der Waals surface area contributed by atoms with Crippen LogP contribution >= 0.6 is 15.9 Å². The van der Waals surface area contributed by atoms with E-state index in [1.165, 1.54) is 0 Å². The zero-order valence-corrected chi connectivity index (χ0v) is 23.7. The molecule has 2 rings (SSSR count). The predicted octanol–water partition coefficient (Wildman–Crippen LogP) is 5.26. The highest BCUT2D eigenvalue weighted by Gasteiger charge is 2.38. The minimum Gasteiger partial charge on any atom is -0.460 e. The lowest BCUT2D eigenvalue weighted by atomic mass is 9.81. The Labute approximate surface area is 218 Å². The summed E-state index contributed by atoms with van der Waals surface area (Å²) in [7, 11) is 0. The van der Waals surface area contributed by atoms with Crippen molar-refractivity contribution in [3.63, 3.8) is 0 Å². The van der Waals surface area contributed by atoms with Crippen LogP contribution in [-0.4, -0.2) is 45.9 Å². The first-order valence-electron chi connectivity index (χ1n) is 12.8. The quantitative estimate of drug-likeness (QED) is 0.400. The van der Waals surface area contributed by atoms with Crippen LogP contribution < -0.4 is 5.32 Å². The number of pyridine rings is 1. The topological polar surface area (TPSA) is 88.6 Å². The second-order valence-corrected chi connectivity index (χ2v) is 11.9. The minimum absolute atomic E-state index is 0.0802. The Morgan fingerprint density at radius 3 is 2.54 bits per heavy atom. The molecule has 1 aromatic heterocycles. The number of esters is 1. The number of halogens is 1. The van der Waals surface area contributed by atoms with E-state index in [0.29, 0.717) is 32.4 Å². The summed E-state index contributed by atoms with van der Waals surface area (Å²) >= 11 is 3.43. The fraction of sp³-hybridized carbons (Fsp3) is 0.704. The maximum Gasteiger partial charge on any atom is 0.310 e. The molecule has 35 heavy (non-hydrogen) atoms. The molecule has 1 aliphatic rings. The molecule has 2 heterocycles. The second-order valence-electron chi connectivity index (χ2n) is 11.0. The van der Waals surface area contributed by atoms with Gasteiger partial charge < -0.3 is 15.0 Å². The van der Waals surface area contributed by atoms with Crippen molar-refractivity contribution in [3.8, 4) is 0 Å². The van der Waals surface area contributed by atoms with Gasteiger partial charge >= 0.3 is 5.97 Å². The van der Waals surface area contributed by atoms with Gasteiger partial charge in [0.05, 0.1) is 11.8 Å². The third kappa shape index (κ3) is 9.54. The summed E-state index contributed by atoms with van der Waals surface area (Å²) in [6.07, 6.45) is 7.69. The molecule has 0 spiro atoms. The smallest absolute Gasteiger partial charge is 0.310 e. The Hall–Kier alpha value is -1.96. The van der Waals surface area contributed by atoms with Crippen molar-refractivity contribution in [1.82, 2.24) is 15.2 Å². The molecule has 0 saturated carbocycles. The molecule has 1 N–H and O–H groups in total. The van der Waals surface area contributed by atoms with Crippen molar-refractivity contribution < 1.29 is 19.1 Å². The van der Waals surface area contributed by atoms with Crippen molar-refractivity contribution in [2.24, 2.45) is 17.8 Å². The van der Waals surface area contributed by atoms with Gasteiger partial charge in [0.15, 0.2) is 0 Å². The monoisotopic (exact) mass is 551 g/mol. The SMILES string of the molecule is CCC[C@H](C(=O)OC(C)(C)C)[C@@H](CC(C)C)C(=O)N[C@H]1CCCCN(Cc2cncc(Br)c2)C1=O. The van der Waals surface area contributed by atoms with Gasteiger partial charge in [-0.05, 0) is 86.4 Å². The van der Waals surface area contributed by atoms with Crippen LogP contribution in [0.15, 0.2) is 22.9 Å². The molecule has 196 valence electrons. The van der Waals surface area contributed by atoms with Crippen molar-refractivity contribution in [2.45, 2.75) is 98.3 Å². The summed E-state index contributed by atoms with van der Waals surface area (Å²) < 4.78 is 6.55. The third-order valence-electron chi connectivity index (χ3n) is 6.09. The molecule has 8 heteroatoms. The van der Waals surface area contributed by atoms with Gasteiger partial charge in [-0.1, -0.05) is 27.2 Å². The van der Waals surface area contributed by atoms with E-state index in [0.717, 1.165) is 29.3 Å². The van der Waals surface area contributed by atoms with Gasteiger partial charge in [-0.3, -0.25) is 19.4 Å². The first kappa shape index (κ1) is 29.3. The molecular weight excluding hydrogens is 510 g/mol. The number of hydrogen-bond acceptors (Lipinski definition) is 5. The van der Waals surface area contributed by atoms with Crippen molar-refractivity contribution in [3.05, 3.63) is 28.5 Å². The van der Waals surface area contributed by atoms with Crippen LogP contribution in [0.5, 0.6) is 0 Å². The predicted molar refractivity (Wildman–Crippen MR) is 140 cm³/mol. The normalized spacial score (nSPS) is 18.7. The van der Waals surface area contributed by atoms with Gasteiger partial charge in [0.2, 0.25) is 11.8 Å². The van der Waals surface area contributed by atoms with Crippen LogP contribution in [0.4, 0.5) is 0 Å². The van der Waals surface area contributed by atoms with Gasteiger partial charge in [0.25, 0.3) is 0 Å². The highest BCUT2D eigenvalue weighted by molar-refractivity contribution is 9.10. The number of ether oxygens (including phenoxy) is 1. The number of carbonyl (C=O) groups is 3. The van der Waals surface area contributed by atoms with Gasteiger partial charge in [0.1, 0.15) is 11.6 Å². The Morgan fingerprint density at radius 2 is 1.94 bits per heavy atom. The van der Waals surface area contributed by atoms with Crippen molar-refractivity contribution in [1.29, 1.82) is 0 Å². The fourth-order valence-corrected chi connectivity index (χ4v) is 4.98. The lowest BCUT2D eigenvalue weighted by Gasteiger charge is -2.31. The van der Waals surface area contributed by atoms with Gasteiger partial charge in [-0.2, -0.15) is 0 Å². The number of amides is 2. The zero-order valence-electron chi connectivity index (χ0n) is 22.1. The molecule has 2 amide bonds. The van der Waals surface area contributed by atoms with E-state index in [1.54, 1.807) is 17.3 Å². The molecule has 7 nitrogen and oxygen atoms in total. The molecule has 0 aromatic carbocycles. The van der Waals surface area contributed by atoms with E-state index >= 15 is 0 Å². The molecule has 0 unspecified atom stereocenters. The number of aromatic nitrogens is 1. The van der Waals surface area contributed by atoms with Crippen molar-refractivity contribution >= 4 is 33.7 Å². The van der Waals surface area contributed by atoms with Gasteiger partial charge in [-0.15, -0.1) is 0 Å². The van der Waals surface area contributed by atoms with E-state index in [-0.39, 0.29) is 23.7 Å². The molecule has 1 aliphatic heterocycles. The van der Waals surface area contributed by atoms with Crippen LogP contribution in [0.2, 0.25) is 0 Å². The maximum absolute atomic E-state index is 13.6. The average Bonchev–Trinajstić information content (AvgIpc) is 2.91. The fourth-order valence-electron chi connectivity index (χ4n) is 4.57. The largest absolute Gasteiger partial charge is 0.460 e. The highest BCUT2D eigenvalue weighted by Crippen LogP contribution is 2.29. The Balaban J connectivity index is 2.21. The van der Waals surface area contributed by atoms with Gasteiger partial charge in [-0.25, -0.2) is 0 Å². The summed E-state index contributed by atoms with van der Waals surface area (Å²) in [5.41, 5.74) is 0.311. The Bertz CT molecular complexity index is 868. The molecule has 1 saturated heterocycles. The van der Waals surface area contributed by atoms with Crippen LogP contribution in [0, 0.1) is 17.8 Å². The second kappa shape index (κ2) is 13.4. The van der Waals surface area contributed by atoms with Gasteiger partial charge in [0, 0.05) is 30.0 Å². The lowest BCUT2D eigenvalue weighted by Crippen LogP contribution is -2.50. The minimum atomic E-state index is -0.624. The van der Waals surface area contributed by atoms with Crippen LogP contribution in [0.3, 0.4) is 0 Å². The van der Waals surface area contributed by atoms with Crippen molar-refractivity contribution in [2.75, 3.05) is 6.54 Å². The summed E-state index contributed by atoms with van der Waals surface area (Å²) in [5.74, 6) is -1.50. The lowest BCUT2D eigenvalue weighted by molar-refractivity contribution is -0.164. The molecule has 0 aliphatic carbocycles. The average molecular weight is 553 g/mol. The van der Waals surface area contributed by atoms with Crippen LogP contribution in [-0.2, 0) is 25.7 Å². The van der Waals surface area contributed by atoms with E-state index in [1.807, 2.05) is 47.6 Å². The number of nitrogens with zero attached hydrogens (tertiary/aromatic N) is 2. The van der Waals surface area contributed by atoms with E-state index < -0.39 is 23.5 Å². The number of likely N-dealkylation sites (tertiary alicyclic amines) is 1. The molecule has 0 bridgehead atoms. The summed E-state index contributed by atoms with van der Waals surface area (Å²) in [6.45, 7) is 12.7. The number of rotatable bonds is 10. The molecule has 0 radical (unpaired) electrons. The number of hydrogen-bond donors (Lipinski definition) is 1. The zero-order chi connectivity index (χ0) is 26.2. The van der Waals surface area contributed by atoms with E-state index in [2.05, 4.69) is 26.2 Å². The standard InChI is InChI=1S/C27H42BrN3O4/c1-7-10-21(26(34)35-27(4,5)6)22(13-18(2)3)24(32)30-23-11-8-9-12-31(25(23)33)17-19-14-20(28)16-29-15-19/h14-16,18,21-23H,7-13,17H2,1-6H3,(H,30,32)/t21-,22+,23-/m0/s1. The first-order chi connectivity index (χ1) is 16.4. The number of nitrogens with one attached hydrogen (secondary N) is 1. The van der Waals surface area contributed by atoms with E-state index in [4.69, 9.17) is 4.74 Å². The summed E-state index contributed by atoms with van der Waals surface area (Å²) in [4.78, 5) is 46.1. The van der Waals surface area contributed by atoms with E-state index in [9.17, 15) is 14.4 Å². The third-order valence-corrected chi connectivity index (χ3v) is 6.52. The molecule has 3 atom stereocenters. The molecule has 1 fully saturated rings. The van der Waals surface area contributed by atoms with Crippen LogP contribution in [0.25, 0.3) is 0 Å². The Morgan fingerprint density at radius 1 is 1.23 bits per heavy atom. The molecular formula is C27H42BrN3O4. The highest BCUT2D eigenvalue weighted by atomic mass is 79.9. The first-order valence-corrected chi connectivity index (χ1v) is 13.6. The maximum atomic E-state index is 13.6. The number of carbonyl (C=O) groups excluding carboxylic acids is 3. The van der Waals surface area contributed by atoms with Crippen LogP contribution in [0.1, 0.15) is 85.6 Å². The molecule has 1 aromatic rings. The summed E-state index contributed by atoms with van der Waals surface area (Å²) in [6, 6.07) is 1.36.